The van der Waals surface area contributed by atoms with Crippen molar-refractivity contribution in [3.05, 3.63) is 449 Å². The first kappa shape index (κ1) is 69.3. The van der Waals surface area contributed by atoms with Crippen LogP contribution in [0.2, 0.25) is 0 Å². The highest BCUT2D eigenvalue weighted by Gasteiger charge is 2.21. The average Bonchev–Trinajstić information content (AvgIpc) is 1.75. The predicted molar refractivity (Wildman–Crippen MR) is 542 cm³/mol. The monoisotopic (exact) mass is 1640 g/mol. The van der Waals surface area contributed by atoms with Crippen LogP contribution in [-0.2, 0) is 0 Å². The Bertz CT molecular complexity index is 9360. The maximum Gasteiger partial charge on any atom is 0.143 e. The van der Waals surface area contributed by atoms with Crippen LogP contribution < -0.4 is 21.3 Å². The maximum atomic E-state index is 8.29. The summed E-state index contributed by atoms with van der Waals surface area (Å²) in [5, 5.41) is 43.7. The summed E-state index contributed by atoms with van der Waals surface area (Å²) in [7, 11) is 0. The molecule has 0 aliphatic heterocycles. The SMILES string of the molecule is [2H]c1c([2H])c([2H])c(Nc2cc3c4ccc5ccccc5c4oc3c3ccccc23)c([2H])c1[2H].c1ccc(-c2ccc3cc(Nc4ccc5oc6ccc7ccccc7c6c5c4)ccc3c2)cc1.c1ccc(-c2cccc(Nc3cc4c(oc5ccc6ccccc6c54)c4ccccc34)c2)cc1.c1ccc2c(c1)ccc1cc(Nc3ccc4oc5ccc6ccccc6c5c4c3)ccc12. The van der Waals surface area contributed by atoms with Gasteiger partial charge >= 0.3 is 0 Å². The van der Waals surface area contributed by atoms with Crippen molar-refractivity contribution in [1.82, 2.24) is 0 Å². The molecule has 27 rings (SSSR count). The first-order valence-electron chi connectivity index (χ1n) is 45.5. The van der Waals surface area contributed by atoms with Crippen LogP contribution in [0, 0.1) is 0 Å². The van der Waals surface area contributed by atoms with Gasteiger partial charge in [0.2, 0.25) is 0 Å². The number of para-hydroxylation sites is 1. The number of nitrogens with one attached hydrogen (secondary N) is 4. The van der Waals surface area contributed by atoms with Gasteiger partial charge in [0, 0.05) is 116 Å². The van der Waals surface area contributed by atoms with Gasteiger partial charge in [0.25, 0.3) is 0 Å². The van der Waals surface area contributed by atoms with E-state index in [1.165, 1.54) is 103 Å². The Kier molecular flexibility index (Phi) is 17.1. The van der Waals surface area contributed by atoms with Crippen molar-refractivity contribution in [2.75, 3.05) is 21.3 Å². The van der Waals surface area contributed by atoms with E-state index in [-0.39, 0.29) is 29.9 Å². The lowest BCUT2D eigenvalue weighted by Crippen LogP contribution is -1.92. The molecule has 4 heterocycles. The molecule has 0 aliphatic rings. The molecule has 0 atom stereocenters. The zero-order valence-electron chi connectivity index (χ0n) is 74.0. The second-order valence-corrected chi connectivity index (χ2v) is 32.5. The van der Waals surface area contributed by atoms with Gasteiger partial charge in [-0.2, -0.15) is 0 Å². The normalized spacial score (nSPS) is 12.1. The number of hydrogen-bond donors (Lipinski definition) is 4. The molecule has 0 bridgehead atoms. The van der Waals surface area contributed by atoms with Crippen LogP contribution in [0.5, 0.6) is 0 Å². The van der Waals surface area contributed by atoms with Crippen molar-refractivity contribution in [2.45, 2.75) is 0 Å². The Labute approximate surface area is 742 Å². The molecule has 8 nitrogen and oxygen atoms in total. The second kappa shape index (κ2) is 31.6. The number of rotatable bonds is 10. The smallest absolute Gasteiger partial charge is 0.143 e. The van der Waals surface area contributed by atoms with Crippen LogP contribution in [-0.4, -0.2) is 0 Å². The number of furan rings is 4. The molecule has 0 saturated heterocycles. The molecule has 128 heavy (non-hydrogen) atoms. The quantitative estimate of drug-likeness (QED) is 0.101. The lowest BCUT2D eigenvalue weighted by Gasteiger charge is -2.12. The third-order valence-electron chi connectivity index (χ3n) is 24.7. The Morgan fingerprint density at radius 2 is 0.516 bits per heavy atom. The first-order valence-corrected chi connectivity index (χ1v) is 43.0. The molecule has 0 aliphatic carbocycles. The molecule has 602 valence electrons. The van der Waals surface area contributed by atoms with E-state index in [4.69, 9.17) is 24.5 Å². The lowest BCUT2D eigenvalue weighted by atomic mass is 10.00. The van der Waals surface area contributed by atoms with E-state index in [0.717, 1.165) is 138 Å². The fourth-order valence-electron chi connectivity index (χ4n) is 18.7. The van der Waals surface area contributed by atoms with E-state index in [1.54, 1.807) is 0 Å². The molecule has 0 fully saturated rings. The van der Waals surface area contributed by atoms with E-state index in [9.17, 15) is 0 Å². The topological polar surface area (TPSA) is 101 Å². The standard InChI is InChI=1S/2C32H21NO.C30H19NO.C26H17NO/c1-2-9-21(10-3-1)23-12-8-13-24(19-23)33-29-20-28-31-25-14-5-4-11-22(25)17-18-30(31)34-32(28)27-16-7-6-15-26(27)29;1-2-6-21(7-3-1)23-10-11-25-19-26(14-12-24(25)18-23)33-27-15-17-30-29(20-27)32-28-9-5-4-8-22(28)13-16-31(32)34-30;1-3-7-24-19(5-1)9-10-21-17-22(12-14-25(21)24)31-23-13-16-28-27(18-23)30-26-8-4-2-6-20(26)11-15-29(30)32-28;1-2-9-18(10-3-1)27-24-16-23-22-15-14-17-8-4-5-11-19(17)25(22)28-26(23)21-13-7-6-12-20(21)24/h2*1-20,33H;1-18,31H;1-16,27H/i;;;1D,2D,3D,9D,10D. The van der Waals surface area contributed by atoms with Gasteiger partial charge in [-0.3, -0.25) is 0 Å². The molecule has 8 heteroatoms. The van der Waals surface area contributed by atoms with Crippen molar-refractivity contribution in [3.63, 3.8) is 0 Å². The maximum absolute atomic E-state index is 8.29. The fraction of sp³-hybridized carbons (Fsp3) is 0. The molecule has 27 aromatic rings. The van der Waals surface area contributed by atoms with E-state index in [0.29, 0.717) is 5.69 Å². The molecule has 0 saturated carbocycles. The second-order valence-electron chi connectivity index (χ2n) is 32.5. The average molecular weight is 1640 g/mol. The van der Waals surface area contributed by atoms with Gasteiger partial charge in [0.05, 0.1) is 6.85 Å². The Morgan fingerprint density at radius 3 is 1.11 bits per heavy atom. The molecular formula is C120H78N4O4. The van der Waals surface area contributed by atoms with Crippen LogP contribution in [0.4, 0.5) is 45.5 Å². The third-order valence-corrected chi connectivity index (χ3v) is 24.7. The molecule has 0 unspecified atom stereocenters. The van der Waals surface area contributed by atoms with Crippen LogP contribution in [0.3, 0.4) is 0 Å². The zero-order chi connectivity index (χ0) is 88.9. The molecule has 4 N–H and O–H groups in total. The van der Waals surface area contributed by atoms with E-state index in [2.05, 4.69) is 373 Å². The molecule has 0 amide bonds. The van der Waals surface area contributed by atoms with Crippen molar-refractivity contribution in [2.24, 2.45) is 0 Å². The van der Waals surface area contributed by atoms with Gasteiger partial charge in [-0.15, -0.1) is 0 Å². The minimum absolute atomic E-state index is 0.0451. The van der Waals surface area contributed by atoms with Crippen molar-refractivity contribution in [3.8, 4) is 22.3 Å². The molecule has 23 aromatic carbocycles. The van der Waals surface area contributed by atoms with Crippen LogP contribution in [0.1, 0.15) is 6.85 Å². The summed E-state index contributed by atoms with van der Waals surface area (Å²) in [6.45, 7) is 0. The summed E-state index contributed by atoms with van der Waals surface area (Å²) in [4.78, 5) is 0. The number of fused-ring (bicyclic) bond motifs is 28. The largest absolute Gasteiger partial charge is 0.456 e. The number of benzene rings is 23. The Hall–Kier alpha value is -17.2. The minimum Gasteiger partial charge on any atom is -0.456 e. The molecule has 4 aromatic heterocycles. The van der Waals surface area contributed by atoms with Gasteiger partial charge in [0.1, 0.15) is 44.7 Å². The fourth-order valence-corrected chi connectivity index (χ4v) is 18.7. The van der Waals surface area contributed by atoms with Gasteiger partial charge in [-0.1, -0.05) is 321 Å². The number of anilines is 8. The lowest BCUT2D eigenvalue weighted by molar-refractivity contribution is 0.669. The molecule has 0 spiro atoms. The van der Waals surface area contributed by atoms with Crippen LogP contribution in [0.25, 0.3) is 207 Å². The van der Waals surface area contributed by atoms with E-state index in [1.807, 2.05) is 66.7 Å². The van der Waals surface area contributed by atoms with E-state index >= 15 is 0 Å². The van der Waals surface area contributed by atoms with Gasteiger partial charge < -0.3 is 38.9 Å². The highest BCUT2D eigenvalue weighted by atomic mass is 16.3. The third kappa shape index (κ3) is 13.7. The van der Waals surface area contributed by atoms with Gasteiger partial charge in [0.15, 0.2) is 0 Å². The first-order chi connectivity index (χ1) is 65.4. The summed E-state index contributed by atoms with van der Waals surface area (Å²) in [5.74, 6) is 0. The molecular weight excluding hydrogens is 1560 g/mol. The summed E-state index contributed by atoms with van der Waals surface area (Å²) < 4.78 is 65.5. The predicted octanol–water partition coefficient (Wildman–Crippen LogP) is 35.0. The van der Waals surface area contributed by atoms with Gasteiger partial charge in [-0.25, -0.2) is 0 Å². The number of hydrogen-bond acceptors (Lipinski definition) is 8. The van der Waals surface area contributed by atoms with Crippen LogP contribution in [0.15, 0.2) is 466 Å². The van der Waals surface area contributed by atoms with Crippen molar-refractivity contribution >= 4 is 230 Å². The summed E-state index contributed by atoms with van der Waals surface area (Å²) in [6.07, 6.45) is 0. The summed E-state index contributed by atoms with van der Waals surface area (Å²) in [5.41, 5.74) is 19.0. The van der Waals surface area contributed by atoms with Crippen molar-refractivity contribution in [1.29, 1.82) is 0 Å². The molecule has 0 radical (unpaired) electrons. The van der Waals surface area contributed by atoms with E-state index < -0.39 is 6.04 Å². The van der Waals surface area contributed by atoms with Crippen LogP contribution >= 0.6 is 0 Å². The highest BCUT2D eigenvalue weighted by molar-refractivity contribution is 6.27. The summed E-state index contributed by atoms with van der Waals surface area (Å²) in [6, 6.07) is 144. The van der Waals surface area contributed by atoms with Crippen molar-refractivity contribution < 1.29 is 24.5 Å². The minimum atomic E-state index is -0.413. The van der Waals surface area contributed by atoms with Gasteiger partial charge in [-0.05, 0) is 220 Å². The zero-order valence-corrected chi connectivity index (χ0v) is 69.0. The Morgan fingerprint density at radius 1 is 0.164 bits per heavy atom. The summed E-state index contributed by atoms with van der Waals surface area (Å²) >= 11 is 0. The highest BCUT2D eigenvalue weighted by Crippen LogP contribution is 2.46. The Balaban J connectivity index is 0.0000000976.